The fourth-order valence-corrected chi connectivity index (χ4v) is 34.7. The van der Waals surface area contributed by atoms with Crippen molar-refractivity contribution >= 4 is 129 Å². The van der Waals surface area contributed by atoms with Gasteiger partial charge in [0.05, 0.1) is 0 Å². The normalized spacial score (nSPS) is 30.4. The van der Waals surface area contributed by atoms with Gasteiger partial charge in [-0.1, -0.05) is 36.4 Å². The molecule has 0 radical (unpaired) electrons. The molecule has 0 fully saturated rings. The van der Waals surface area contributed by atoms with Gasteiger partial charge in [0.2, 0.25) is 0 Å². The average Bonchev–Trinajstić information content (AvgIpc) is 2.80. The Morgan fingerprint density at radius 1 is 0.537 bits per heavy atom. The minimum absolute atomic E-state index is 0.448. The van der Waals surface area contributed by atoms with E-state index in [9.17, 15) is 0 Å². The Balaban J connectivity index is 1.35. The molecule has 0 saturated carbocycles. The SMILES string of the molecule is ClP1(Cl)=NP(Cl)(Cl)=NP2(=N1)Oc1ccccc1CN2CCCN1Cc2ccccc2OP12=NP(Cl)(Cl)=NP(Cl)(Cl)=N2. The molecule has 10 nitrogen and oxygen atoms in total. The third kappa shape index (κ3) is 7.16. The van der Waals surface area contributed by atoms with E-state index in [0.717, 1.165) is 11.1 Å². The van der Waals surface area contributed by atoms with Crippen LogP contribution in [0.2, 0.25) is 0 Å². The van der Waals surface area contributed by atoms with E-state index in [4.69, 9.17) is 99.0 Å². The van der Waals surface area contributed by atoms with Gasteiger partial charge in [-0.05, 0) is 108 Å². The highest BCUT2D eigenvalue weighted by Crippen LogP contribution is 2.87. The van der Waals surface area contributed by atoms with Crippen LogP contribution in [-0.4, -0.2) is 22.4 Å². The third-order valence-electron chi connectivity index (χ3n) is 5.99. The van der Waals surface area contributed by atoms with Crippen LogP contribution in [0.4, 0.5) is 0 Å². The first-order valence-electron chi connectivity index (χ1n) is 11.6. The zero-order chi connectivity index (χ0) is 29.3. The van der Waals surface area contributed by atoms with E-state index >= 15 is 0 Å². The molecule has 0 N–H and O–H groups in total. The van der Waals surface area contributed by atoms with Crippen LogP contribution in [0.5, 0.6) is 11.5 Å². The molecule has 0 bridgehead atoms. The Bertz CT molecular complexity index is 1640. The Labute approximate surface area is 275 Å². The van der Waals surface area contributed by atoms with Gasteiger partial charge < -0.3 is 9.05 Å². The summed E-state index contributed by atoms with van der Waals surface area (Å²) in [4.78, 5) is 0. The van der Waals surface area contributed by atoms with Gasteiger partial charge in [0.15, 0.2) is 0 Å². The molecule has 24 heteroatoms. The van der Waals surface area contributed by atoms with E-state index in [0.29, 0.717) is 44.1 Å². The maximum Gasteiger partial charge on any atom is 0.333 e. The van der Waals surface area contributed by atoms with E-state index in [1.807, 2.05) is 57.9 Å². The number of halogens is 8. The van der Waals surface area contributed by atoms with E-state index in [2.05, 4.69) is 27.1 Å². The van der Waals surface area contributed by atoms with Gasteiger partial charge in [-0.3, -0.25) is 0 Å². The molecule has 224 valence electrons. The van der Waals surface area contributed by atoms with Gasteiger partial charge in [0.25, 0.3) is 23.6 Å². The molecule has 41 heavy (non-hydrogen) atoms. The highest BCUT2D eigenvalue weighted by Gasteiger charge is 2.45. The van der Waals surface area contributed by atoms with Crippen LogP contribution in [0.3, 0.4) is 0 Å². The summed E-state index contributed by atoms with van der Waals surface area (Å²) in [6.07, 6.45) is 0.559. The van der Waals surface area contributed by atoms with Crippen LogP contribution >= 0.6 is 129 Å². The Morgan fingerprint density at radius 2 is 0.902 bits per heavy atom. The third-order valence-corrected chi connectivity index (χ3v) is 29.4. The fraction of sp³-hybridized carbons (Fsp3) is 0.294. The zero-order valence-electron chi connectivity index (χ0n) is 20.3. The van der Waals surface area contributed by atoms with Crippen LogP contribution in [-0.2, 0) is 13.1 Å². The number of para-hydroxylation sites is 2. The second kappa shape index (κ2) is 11.7. The Kier molecular flexibility index (Phi) is 9.32. The molecule has 4 aliphatic rings. The molecule has 0 aliphatic carbocycles. The minimum atomic E-state index is -3.24. The maximum atomic E-state index is 6.49. The van der Waals surface area contributed by atoms with Gasteiger partial charge in [0.1, 0.15) is 11.5 Å². The summed E-state index contributed by atoms with van der Waals surface area (Å²) in [5, 5.41) is 0. The van der Waals surface area contributed by atoms with E-state index in [-0.39, 0.29) is 0 Å². The van der Waals surface area contributed by atoms with Gasteiger partial charge in [-0.2, -0.15) is 27.1 Å². The molecular formula is C17H18Cl8N8O2P6. The fourth-order valence-electron chi connectivity index (χ4n) is 4.48. The topological polar surface area (TPSA) is 99.1 Å². The molecule has 0 saturated heterocycles. The van der Waals surface area contributed by atoms with Crippen LogP contribution in [0.1, 0.15) is 17.5 Å². The highest BCUT2D eigenvalue weighted by atomic mass is 35.9. The van der Waals surface area contributed by atoms with E-state index in [1.165, 1.54) is 0 Å². The summed E-state index contributed by atoms with van der Waals surface area (Å²) in [5.41, 5.74) is 1.89. The van der Waals surface area contributed by atoms with Gasteiger partial charge in [0, 0.05) is 37.3 Å². The molecule has 2 aromatic rings. The lowest BCUT2D eigenvalue weighted by Crippen LogP contribution is -2.31. The quantitative estimate of drug-likeness (QED) is 0.286. The van der Waals surface area contributed by atoms with E-state index in [1.54, 1.807) is 0 Å². The van der Waals surface area contributed by atoms with E-state index < -0.39 is 38.8 Å². The van der Waals surface area contributed by atoms with Crippen LogP contribution in [0, 0.1) is 0 Å². The van der Waals surface area contributed by atoms with Crippen molar-refractivity contribution in [3.8, 4) is 11.5 Å². The van der Waals surface area contributed by atoms with Crippen LogP contribution in [0.25, 0.3) is 0 Å². The Morgan fingerprint density at radius 3 is 1.29 bits per heavy atom. The van der Waals surface area contributed by atoms with Crippen molar-refractivity contribution < 1.29 is 9.05 Å². The number of fused-ring (bicyclic) bond motifs is 2. The van der Waals surface area contributed by atoms with Crippen molar-refractivity contribution in [2.75, 3.05) is 13.1 Å². The van der Waals surface area contributed by atoms with Crippen LogP contribution < -0.4 is 9.05 Å². The van der Waals surface area contributed by atoms with Crippen molar-refractivity contribution in [1.82, 2.24) is 9.34 Å². The molecule has 2 unspecified atom stereocenters. The average molecular weight is 836 g/mol. The van der Waals surface area contributed by atoms with Crippen molar-refractivity contribution in [2.24, 2.45) is 27.1 Å². The predicted molar refractivity (Wildman–Crippen MR) is 182 cm³/mol. The van der Waals surface area contributed by atoms with Crippen LogP contribution in [0.15, 0.2) is 75.6 Å². The summed E-state index contributed by atoms with van der Waals surface area (Å²) in [5.74, 6) is -11.7. The second-order valence-electron chi connectivity index (χ2n) is 8.91. The standard InChI is InChI=1S/C17H18Cl8N8O2P6/c18-36(19)26-37(20,21)29-40(28-36)32(12-14-6-1-3-8-16(14)34-40)10-5-11-33-13-15-7-2-4-9-17(15)35-41(33)30-38(22,23)27-39(24,25)31-41/h1-4,6-9H,5,10-13H2. The lowest BCUT2D eigenvalue weighted by atomic mass is 10.2. The molecule has 0 amide bonds. The summed E-state index contributed by atoms with van der Waals surface area (Å²) in [6.45, 7) is 1.82. The number of rotatable bonds is 4. The number of hydrogen-bond acceptors (Lipinski definition) is 10. The Hall–Kier alpha value is 1.66. The van der Waals surface area contributed by atoms with Crippen molar-refractivity contribution in [3.63, 3.8) is 0 Å². The molecule has 6 rings (SSSR count). The van der Waals surface area contributed by atoms with Crippen molar-refractivity contribution in [2.45, 2.75) is 19.5 Å². The first kappa shape index (κ1) is 32.6. The predicted octanol–water partition coefficient (Wildman–Crippen LogP) is 14.8. The molecule has 0 aromatic heterocycles. The molecule has 4 heterocycles. The first-order chi connectivity index (χ1) is 19.1. The molecule has 4 aliphatic heterocycles. The second-order valence-corrected chi connectivity index (χ2v) is 33.8. The molecular weight excluding hydrogens is 818 g/mol. The highest BCUT2D eigenvalue weighted by molar-refractivity contribution is 8.21. The maximum absolute atomic E-state index is 6.49. The summed E-state index contributed by atoms with van der Waals surface area (Å²) < 4.78 is 43.6. The lowest BCUT2D eigenvalue weighted by Gasteiger charge is -2.41. The molecule has 2 atom stereocenters. The number of benzene rings is 2. The minimum Gasteiger partial charge on any atom is -0.430 e. The monoisotopic (exact) mass is 832 g/mol. The van der Waals surface area contributed by atoms with Crippen molar-refractivity contribution in [3.05, 3.63) is 59.7 Å². The zero-order valence-corrected chi connectivity index (χ0v) is 31.7. The lowest BCUT2D eigenvalue weighted by molar-refractivity contribution is 0.321. The summed E-state index contributed by atoms with van der Waals surface area (Å²) in [7, 11) is -6.38. The molecule has 2 aromatic carbocycles. The van der Waals surface area contributed by atoms with Gasteiger partial charge in [-0.25, -0.2) is 9.34 Å². The summed E-state index contributed by atoms with van der Waals surface area (Å²) in [6, 6.07) is 15.2. The number of nitrogens with zero attached hydrogens (tertiary/aromatic N) is 8. The summed E-state index contributed by atoms with van der Waals surface area (Å²) >= 11 is 51.9. The first-order valence-corrected chi connectivity index (χ1v) is 28.7. The smallest absolute Gasteiger partial charge is 0.333 e. The van der Waals surface area contributed by atoms with Gasteiger partial charge in [-0.15, -0.1) is 0 Å². The van der Waals surface area contributed by atoms with Crippen molar-refractivity contribution in [1.29, 1.82) is 0 Å². The molecule has 2 spiro atoms. The number of hydrogen-bond donors (Lipinski definition) is 0. The largest absolute Gasteiger partial charge is 0.430 e. The van der Waals surface area contributed by atoms with Gasteiger partial charge >= 0.3 is 15.2 Å².